The van der Waals surface area contributed by atoms with E-state index in [4.69, 9.17) is 0 Å². The zero-order valence-corrected chi connectivity index (χ0v) is 17.4. The van der Waals surface area contributed by atoms with Crippen LogP contribution in [0.5, 0.6) is 0 Å². The Bertz CT molecular complexity index is 969. The Morgan fingerprint density at radius 1 is 0.935 bits per heavy atom. The third-order valence-corrected chi connectivity index (χ3v) is 5.60. The molecule has 7 nitrogen and oxygen atoms in total. The van der Waals surface area contributed by atoms with Crippen LogP contribution < -0.4 is 10.3 Å². The first-order valence-corrected chi connectivity index (χ1v) is 10.7. The number of nitrogens with one attached hydrogen (secondary N) is 1. The van der Waals surface area contributed by atoms with Gasteiger partial charge in [0.15, 0.2) is 0 Å². The first kappa shape index (κ1) is 20.8. The molecule has 0 saturated carbocycles. The second-order valence-electron chi connectivity index (χ2n) is 7.84. The smallest absolute Gasteiger partial charge is 0.268 e. The van der Waals surface area contributed by atoms with Crippen molar-refractivity contribution in [1.29, 1.82) is 0 Å². The van der Waals surface area contributed by atoms with Crippen molar-refractivity contribution in [2.24, 2.45) is 5.10 Å². The fourth-order valence-corrected chi connectivity index (χ4v) is 3.94. The molecule has 1 saturated heterocycles. The lowest BCUT2D eigenvalue weighted by molar-refractivity contribution is -0.134. The highest BCUT2D eigenvalue weighted by Gasteiger charge is 2.31. The summed E-state index contributed by atoms with van der Waals surface area (Å²) in [6.45, 7) is 1.44. The molecule has 2 aliphatic heterocycles. The Kier molecular flexibility index (Phi) is 6.40. The fraction of sp³-hybridized carbons (Fsp3) is 0.333. The molecule has 1 fully saturated rings. The van der Waals surface area contributed by atoms with Crippen molar-refractivity contribution in [2.45, 2.75) is 38.1 Å². The van der Waals surface area contributed by atoms with Crippen LogP contribution >= 0.6 is 0 Å². The maximum Gasteiger partial charge on any atom is 0.268 e. The Balaban J connectivity index is 1.53. The van der Waals surface area contributed by atoms with E-state index in [1.165, 1.54) is 5.01 Å². The molecule has 160 valence electrons. The number of benzene rings is 2. The van der Waals surface area contributed by atoms with Crippen LogP contribution in [0.25, 0.3) is 0 Å². The molecule has 0 radical (unpaired) electrons. The van der Waals surface area contributed by atoms with E-state index < -0.39 is 11.9 Å². The van der Waals surface area contributed by atoms with E-state index in [0.717, 1.165) is 31.5 Å². The van der Waals surface area contributed by atoms with Gasteiger partial charge in [0.05, 0.1) is 5.69 Å². The molecular formula is C24H26N4O3. The van der Waals surface area contributed by atoms with Crippen molar-refractivity contribution in [3.05, 3.63) is 66.2 Å². The number of hydrogen-bond donors (Lipinski definition) is 1. The molecule has 1 unspecified atom stereocenters. The Labute approximate surface area is 181 Å². The number of anilines is 1. The van der Waals surface area contributed by atoms with E-state index in [-0.39, 0.29) is 30.4 Å². The highest BCUT2D eigenvalue weighted by Crippen LogP contribution is 2.20. The van der Waals surface area contributed by atoms with Gasteiger partial charge in [0.25, 0.3) is 5.91 Å². The van der Waals surface area contributed by atoms with Gasteiger partial charge in [0.2, 0.25) is 11.8 Å². The van der Waals surface area contributed by atoms with E-state index >= 15 is 0 Å². The number of hydrazone groups is 1. The first-order chi connectivity index (χ1) is 15.1. The fourth-order valence-electron chi connectivity index (χ4n) is 3.94. The lowest BCUT2D eigenvalue weighted by atomic mass is 10.0. The lowest BCUT2D eigenvalue weighted by Gasteiger charge is -2.26. The Hall–Kier alpha value is -3.48. The molecule has 31 heavy (non-hydrogen) atoms. The molecule has 3 amide bonds. The van der Waals surface area contributed by atoms with Crippen LogP contribution in [0.1, 0.15) is 31.2 Å². The van der Waals surface area contributed by atoms with E-state index in [9.17, 15) is 14.4 Å². The van der Waals surface area contributed by atoms with Gasteiger partial charge in [-0.05, 0) is 30.5 Å². The van der Waals surface area contributed by atoms with E-state index in [2.05, 4.69) is 10.4 Å². The third kappa shape index (κ3) is 4.99. The third-order valence-electron chi connectivity index (χ3n) is 5.60. The van der Waals surface area contributed by atoms with Gasteiger partial charge in [0.1, 0.15) is 11.8 Å². The summed E-state index contributed by atoms with van der Waals surface area (Å²) in [5, 5.41) is 8.48. The van der Waals surface area contributed by atoms with Crippen LogP contribution in [-0.4, -0.2) is 47.5 Å². The summed E-state index contributed by atoms with van der Waals surface area (Å²) in [7, 11) is 0. The van der Waals surface area contributed by atoms with Crippen molar-refractivity contribution in [1.82, 2.24) is 10.2 Å². The second-order valence-corrected chi connectivity index (χ2v) is 7.84. The molecule has 2 aromatic rings. The quantitative estimate of drug-likeness (QED) is 0.783. The summed E-state index contributed by atoms with van der Waals surface area (Å²) in [6, 6.07) is 18.0. The largest absolute Gasteiger partial charge is 0.341 e. The first-order valence-electron chi connectivity index (χ1n) is 10.7. The number of likely N-dealkylation sites (tertiary alicyclic amines) is 1. The lowest BCUT2D eigenvalue weighted by Crippen LogP contribution is -2.51. The van der Waals surface area contributed by atoms with Gasteiger partial charge in [0, 0.05) is 32.4 Å². The highest BCUT2D eigenvalue weighted by atomic mass is 16.2. The van der Waals surface area contributed by atoms with Crippen LogP contribution in [0.3, 0.4) is 0 Å². The van der Waals surface area contributed by atoms with E-state index in [1.54, 1.807) is 12.1 Å². The van der Waals surface area contributed by atoms with Crippen LogP contribution in [0.4, 0.5) is 5.69 Å². The van der Waals surface area contributed by atoms with Gasteiger partial charge in [-0.1, -0.05) is 48.5 Å². The molecule has 1 atom stereocenters. The van der Waals surface area contributed by atoms with Gasteiger partial charge >= 0.3 is 0 Å². The van der Waals surface area contributed by atoms with Crippen molar-refractivity contribution < 1.29 is 14.4 Å². The van der Waals surface area contributed by atoms with Crippen molar-refractivity contribution in [3.63, 3.8) is 0 Å². The average molecular weight is 418 g/mol. The van der Waals surface area contributed by atoms with Crippen molar-refractivity contribution in [3.8, 4) is 0 Å². The molecule has 2 aliphatic rings. The predicted molar refractivity (Wildman–Crippen MR) is 118 cm³/mol. The highest BCUT2D eigenvalue weighted by molar-refractivity contribution is 6.40. The molecule has 2 heterocycles. The number of amides is 3. The molecule has 1 N–H and O–H groups in total. The number of carbonyl (C=O) groups is 3. The average Bonchev–Trinajstić information content (AvgIpc) is 3.35. The molecular weight excluding hydrogens is 392 g/mol. The van der Waals surface area contributed by atoms with Gasteiger partial charge in [-0.2, -0.15) is 5.10 Å². The summed E-state index contributed by atoms with van der Waals surface area (Å²) in [6.07, 6.45) is 2.84. The summed E-state index contributed by atoms with van der Waals surface area (Å²) in [5.41, 5.74) is 1.86. The minimum atomic E-state index is -0.668. The molecule has 0 spiro atoms. The van der Waals surface area contributed by atoms with Gasteiger partial charge < -0.3 is 10.2 Å². The zero-order chi connectivity index (χ0) is 21.6. The summed E-state index contributed by atoms with van der Waals surface area (Å²) in [4.78, 5) is 40.3. The number of para-hydroxylation sites is 1. The summed E-state index contributed by atoms with van der Waals surface area (Å²) in [5.74, 6) is -0.624. The van der Waals surface area contributed by atoms with Gasteiger partial charge in [-0.3, -0.25) is 14.4 Å². The number of nitrogens with zero attached hydrogens (tertiary/aromatic N) is 3. The SMILES string of the molecule is O=C(NC(Cc1ccccc1)C(=O)N1CCCC1)C1=NN(c2ccccc2)C(=O)CC1. The van der Waals surface area contributed by atoms with Crippen LogP contribution in [0.15, 0.2) is 65.8 Å². The van der Waals surface area contributed by atoms with Crippen molar-refractivity contribution >= 4 is 29.1 Å². The topological polar surface area (TPSA) is 82.1 Å². The summed E-state index contributed by atoms with van der Waals surface area (Å²) >= 11 is 0. The Morgan fingerprint density at radius 3 is 2.26 bits per heavy atom. The predicted octanol–water partition coefficient (Wildman–Crippen LogP) is 2.52. The molecule has 7 heteroatoms. The number of rotatable bonds is 6. The monoisotopic (exact) mass is 418 g/mol. The van der Waals surface area contributed by atoms with Gasteiger partial charge in [-0.15, -0.1) is 0 Å². The maximum absolute atomic E-state index is 13.1. The minimum absolute atomic E-state index is 0.0675. The summed E-state index contributed by atoms with van der Waals surface area (Å²) < 4.78 is 0. The normalized spacial score (nSPS) is 17.3. The van der Waals surface area contributed by atoms with E-state index in [1.807, 2.05) is 53.4 Å². The Morgan fingerprint density at radius 2 is 1.58 bits per heavy atom. The molecule has 0 aromatic heterocycles. The van der Waals surface area contributed by atoms with E-state index in [0.29, 0.717) is 12.1 Å². The van der Waals surface area contributed by atoms with Crippen LogP contribution in [0, 0.1) is 0 Å². The second kappa shape index (κ2) is 9.55. The molecule has 0 aliphatic carbocycles. The molecule has 4 rings (SSSR count). The zero-order valence-electron chi connectivity index (χ0n) is 17.4. The van der Waals surface area contributed by atoms with Crippen LogP contribution in [0.2, 0.25) is 0 Å². The van der Waals surface area contributed by atoms with Gasteiger partial charge in [-0.25, -0.2) is 5.01 Å². The minimum Gasteiger partial charge on any atom is -0.341 e. The maximum atomic E-state index is 13.1. The number of carbonyl (C=O) groups excluding carboxylic acids is 3. The van der Waals surface area contributed by atoms with Crippen LogP contribution in [-0.2, 0) is 20.8 Å². The number of hydrogen-bond acceptors (Lipinski definition) is 4. The standard InChI is InChI=1S/C24H26N4O3/c29-22-14-13-20(26-28(22)19-11-5-2-6-12-19)23(30)25-21(17-18-9-3-1-4-10-18)24(31)27-15-7-8-16-27/h1-6,9-12,21H,7-8,13-17H2,(H,25,30). The molecule has 2 aromatic carbocycles. The van der Waals surface area contributed by atoms with Crippen molar-refractivity contribution in [2.75, 3.05) is 18.1 Å². The molecule has 0 bridgehead atoms.